The summed E-state index contributed by atoms with van der Waals surface area (Å²) in [6, 6.07) is 5.70. The number of nitrogens with one attached hydrogen (secondary N) is 1. The third kappa shape index (κ3) is 3.61. The normalized spacial score (nSPS) is 16.7. The average Bonchev–Trinajstić information content (AvgIpc) is 3.01. The van der Waals surface area contributed by atoms with E-state index in [1.807, 2.05) is 27.8 Å². The second-order valence-electron chi connectivity index (χ2n) is 7.05. The molecule has 0 unspecified atom stereocenters. The molecule has 1 aliphatic carbocycles. The lowest BCUT2D eigenvalue weighted by Crippen LogP contribution is -2.43. The van der Waals surface area contributed by atoms with Crippen LogP contribution in [0.25, 0.3) is 0 Å². The van der Waals surface area contributed by atoms with Crippen LogP contribution in [0.3, 0.4) is 0 Å². The van der Waals surface area contributed by atoms with Gasteiger partial charge in [-0.1, -0.05) is 12.5 Å². The Morgan fingerprint density at radius 1 is 1.27 bits per heavy atom. The van der Waals surface area contributed by atoms with Gasteiger partial charge in [-0.2, -0.15) is 5.10 Å². The maximum Gasteiger partial charge on any atom is 0.226 e. The Balaban J connectivity index is 1.31. The van der Waals surface area contributed by atoms with E-state index in [0.717, 1.165) is 42.9 Å². The maximum atomic E-state index is 12.4. The topological polar surface area (TPSA) is 80.1 Å². The van der Waals surface area contributed by atoms with Crippen LogP contribution in [0.15, 0.2) is 30.6 Å². The molecule has 1 fully saturated rings. The fraction of sp³-hybridized carbons (Fsp3) is 0.474. The van der Waals surface area contributed by atoms with Crippen molar-refractivity contribution in [1.29, 1.82) is 0 Å². The third-order valence-electron chi connectivity index (χ3n) is 5.17. The van der Waals surface area contributed by atoms with Crippen molar-refractivity contribution in [3.63, 3.8) is 0 Å². The first kappa shape index (κ1) is 16.8. The van der Waals surface area contributed by atoms with Gasteiger partial charge in [-0.25, -0.2) is 0 Å². The summed E-state index contributed by atoms with van der Waals surface area (Å²) in [6.45, 7) is 2.45. The van der Waals surface area contributed by atoms with Crippen LogP contribution in [0.5, 0.6) is 0 Å². The number of carbonyl (C=O) groups is 2. The first-order chi connectivity index (χ1) is 12.7. The van der Waals surface area contributed by atoms with Gasteiger partial charge in [-0.3, -0.25) is 19.3 Å². The Kier molecular flexibility index (Phi) is 4.69. The molecule has 0 atom stereocenters. The largest absolute Gasteiger partial charge is 0.350 e. The molecule has 7 heteroatoms. The van der Waals surface area contributed by atoms with Crippen molar-refractivity contribution in [1.82, 2.24) is 25.0 Å². The number of hydrogen-bond acceptors (Lipinski definition) is 4. The van der Waals surface area contributed by atoms with Gasteiger partial charge >= 0.3 is 0 Å². The summed E-state index contributed by atoms with van der Waals surface area (Å²) in [5, 5.41) is 7.46. The summed E-state index contributed by atoms with van der Waals surface area (Å²) in [5.74, 6) is 0.469. The third-order valence-corrected chi connectivity index (χ3v) is 5.17. The fourth-order valence-electron chi connectivity index (χ4n) is 3.45. The van der Waals surface area contributed by atoms with Crippen LogP contribution in [-0.4, -0.2) is 38.0 Å². The van der Waals surface area contributed by atoms with E-state index in [4.69, 9.17) is 0 Å². The molecule has 2 aromatic heterocycles. The molecule has 26 heavy (non-hydrogen) atoms. The Bertz CT molecular complexity index is 798. The second kappa shape index (κ2) is 7.27. The van der Waals surface area contributed by atoms with Crippen molar-refractivity contribution in [3.05, 3.63) is 47.5 Å². The number of hydrogen-bond donors (Lipinski definition) is 1. The monoisotopic (exact) mass is 353 g/mol. The molecular weight excluding hydrogens is 330 g/mol. The van der Waals surface area contributed by atoms with Crippen LogP contribution >= 0.6 is 0 Å². The minimum atomic E-state index is -0.0502. The van der Waals surface area contributed by atoms with Crippen molar-refractivity contribution in [2.45, 2.75) is 45.3 Å². The minimum absolute atomic E-state index is 0.0502. The summed E-state index contributed by atoms with van der Waals surface area (Å²) in [4.78, 5) is 30.4. The summed E-state index contributed by atoms with van der Waals surface area (Å²) in [6.07, 6.45) is 6.93. The van der Waals surface area contributed by atoms with Crippen molar-refractivity contribution >= 4 is 11.8 Å². The standard InChI is InChI=1S/C19H23N5O2/c25-18(9-14-3-2-6-20-11-14)21-12-16-10-17-13-23(7-8-24(17)22-16)19(26)15-4-1-5-15/h2-3,6,10-11,15H,1,4-5,7-9,12-13H2,(H,21,25). The number of fused-ring (bicyclic) bond motifs is 1. The van der Waals surface area contributed by atoms with Crippen LogP contribution in [0.2, 0.25) is 0 Å². The first-order valence-corrected chi connectivity index (χ1v) is 9.19. The zero-order valence-corrected chi connectivity index (χ0v) is 14.7. The Labute approximate surface area is 152 Å². The van der Waals surface area contributed by atoms with Crippen molar-refractivity contribution in [2.75, 3.05) is 6.54 Å². The fourth-order valence-corrected chi connectivity index (χ4v) is 3.45. The van der Waals surface area contributed by atoms with E-state index in [9.17, 15) is 9.59 Å². The van der Waals surface area contributed by atoms with Crippen LogP contribution in [0.1, 0.15) is 36.2 Å². The summed E-state index contributed by atoms with van der Waals surface area (Å²) < 4.78 is 1.95. The van der Waals surface area contributed by atoms with Gasteiger partial charge in [0.1, 0.15) is 0 Å². The molecule has 0 saturated heterocycles. The van der Waals surface area contributed by atoms with E-state index >= 15 is 0 Å². The summed E-state index contributed by atoms with van der Waals surface area (Å²) in [7, 11) is 0. The van der Waals surface area contributed by atoms with Gasteiger partial charge in [0, 0.05) is 24.9 Å². The van der Waals surface area contributed by atoms with Crippen molar-refractivity contribution in [2.24, 2.45) is 5.92 Å². The van der Waals surface area contributed by atoms with Crippen LogP contribution in [0, 0.1) is 5.92 Å². The molecule has 1 aliphatic heterocycles. The minimum Gasteiger partial charge on any atom is -0.350 e. The van der Waals surface area contributed by atoms with Crippen LogP contribution in [-0.2, 0) is 35.6 Å². The molecule has 0 bridgehead atoms. The molecule has 4 rings (SSSR count). The molecule has 0 spiro atoms. The highest BCUT2D eigenvalue weighted by Crippen LogP contribution is 2.29. The number of rotatable bonds is 5. The molecule has 2 aromatic rings. The highest BCUT2D eigenvalue weighted by Gasteiger charge is 2.31. The molecular formula is C19H23N5O2. The second-order valence-corrected chi connectivity index (χ2v) is 7.05. The number of amides is 2. The molecule has 2 aliphatic rings. The molecule has 1 saturated carbocycles. The zero-order valence-electron chi connectivity index (χ0n) is 14.7. The molecule has 0 radical (unpaired) electrons. The van der Waals surface area contributed by atoms with Gasteiger partial charge in [-0.15, -0.1) is 0 Å². The van der Waals surface area contributed by atoms with Gasteiger partial charge in [0.05, 0.1) is 37.4 Å². The Morgan fingerprint density at radius 2 is 2.15 bits per heavy atom. The lowest BCUT2D eigenvalue weighted by atomic mass is 9.84. The highest BCUT2D eigenvalue weighted by atomic mass is 16.2. The Hall–Kier alpha value is -2.70. The Morgan fingerprint density at radius 3 is 2.88 bits per heavy atom. The summed E-state index contributed by atoms with van der Waals surface area (Å²) >= 11 is 0. The van der Waals surface area contributed by atoms with Gasteiger partial charge < -0.3 is 10.2 Å². The number of pyridine rings is 1. The number of carbonyl (C=O) groups excluding carboxylic acids is 2. The number of aromatic nitrogens is 3. The predicted octanol–water partition coefficient (Wildman–Crippen LogP) is 1.28. The molecule has 0 aromatic carbocycles. The van der Waals surface area contributed by atoms with E-state index in [-0.39, 0.29) is 17.7 Å². The molecule has 3 heterocycles. The molecule has 136 valence electrons. The van der Waals surface area contributed by atoms with E-state index in [0.29, 0.717) is 19.5 Å². The van der Waals surface area contributed by atoms with Gasteiger partial charge in [-0.05, 0) is 30.5 Å². The van der Waals surface area contributed by atoms with Crippen molar-refractivity contribution < 1.29 is 9.59 Å². The first-order valence-electron chi connectivity index (χ1n) is 9.19. The highest BCUT2D eigenvalue weighted by molar-refractivity contribution is 5.79. The van der Waals surface area contributed by atoms with E-state index < -0.39 is 0 Å². The zero-order chi connectivity index (χ0) is 17.9. The van der Waals surface area contributed by atoms with Crippen LogP contribution in [0.4, 0.5) is 0 Å². The molecule has 1 N–H and O–H groups in total. The molecule has 2 amide bonds. The van der Waals surface area contributed by atoms with E-state index in [2.05, 4.69) is 15.4 Å². The van der Waals surface area contributed by atoms with Gasteiger partial charge in [0.25, 0.3) is 0 Å². The predicted molar refractivity (Wildman–Crippen MR) is 94.8 cm³/mol. The smallest absolute Gasteiger partial charge is 0.226 e. The number of nitrogens with zero attached hydrogens (tertiary/aromatic N) is 4. The summed E-state index contributed by atoms with van der Waals surface area (Å²) in [5.41, 5.74) is 2.76. The van der Waals surface area contributed by atoms with E-state index in [1.165, 1.54) is 6.42 Å². The van der Waals surface area contributed by atoms with Crippen molar-refractivity contribution in [3.8, 4) is 0 Å². The van der Waals surface area contributed by atoms with E-state index in [1.54, 1.807) is 12.4 Å². The maximum absolute atomic E-state index is 12.4. The van der Waals surface area contributed by atoms with Gasteiger partial charge in [0.15, 0.2) is 0 Å². The molecule has 7 nitrogen and oxygen atoms in total. The van der Waals surface area contributed by atoms with Crippen LogP contribution < -0.4 is 5.32 Å². The lowest BCUT2D eigenvalue weighted by Gasteiger charge is -2.34. The lowest BCUT2D eigenvalue weighted by molar-refractivity contribution is -0.139. The average molecular weight is 353 g/mol. The van der Waals surface area contributed by atoms with Gasteiger partial charge in [0.2, 0.25) is 11.8 Å². The quantitative estimate of drug-likeness (QED) is 0.878. The SMILES string of the molecule is O=C(Cc1cccnc1)NCc1cc2n(n1)CCN(C(=O)C1CCC1)C2.